The molecule has 1 unspecified atom stereocenters. The first-order valence-corrected chi connectivity index (χ1v) is 8.98. The molecule has 0 aliphatic carbocycles. The number of carbonyl (C=O) groups is 1. The van der Waals surface area contributed by atoms with Gasteiger partial charge in [-0.15, -0.1) is 16.4 Å². The van der Waals surface area contributed by atoms with E-state index in [0.717, 1.165) is 15.2 Å². The maximum absolute atomic E-state index is 12.6. The van der Waals surface area contributed by atoms with Crippen LogP contribution in [0.2, 0.25) is 0 Å². The topological polar surface area (TPSA) is 86.0 Å². The van der Waals surface area contributed by atoms with Gasteiger partial charge >= 0.3 is 0 Å². The smallest absolute Gasteiger partial charge is 0.223 e. The third kappa shape index (κ3) is 3.38. The van der Waals surface area contributed by atoms with Crippen LogP contribution in [-0.4, -0.2) is 55.7 Å². The van der Waals surface area contributed by atoms with Crippen molar-refractivity contribution in [3.8, 4) is 0 Å². The maximum Gasteiger partial charge on any atom is 0.223 e. The third-order valence-electron chi connectivity index (χ3n) is 4.25. The Hall–Kier alpha value is -2.39. The summed E-state index contributed by atoms with van der Waals surface area (Å²) >= 11 is 1.65. The van der Waals surface area contributed by atoms with Crippen LogP contribution < -0.4 is 0 Å². The number of carbonyl (C=O) groups excluding carboxylic acids is 1. The van der Waals surface area contributed by atoms with Crippen LogP contribution in [0.4, 0.5) is 0 Å². The van der Waals surface area contributed by atoms with E-state index < -0.39 is 0 Å². The standard InChI is InChI=1S/C16H18N6O2S/c1-21-16(18-19-20-21)12-10-22(8-9-24-12)15(23)7-6-14-17-11-4-2-3-5-13(11)25-14/h2-5,12H,6-10H2,1H3. The molecule has 1 aromatic carbocycles. The van der Waals surface area contributed by atoms with Crippen molar-refractivity contribution >= 4 is 27.5 Å². The lowest BCUT2D eigenvalue weighted by molar-refractivity contribution is -0.139. The van der Waals surface area contributed by atoms with E-state index in [4.69, 9.17) is 4.74 Å². The van der Waals surface area contributed by atoms with E-state index in [1.807, 2.05) is 23.1 Å². The minimum atomic E-state index is -0.278. The predicted octanol–water partition coefficient (Wildman–Crippen LogP) is 1.35. The fraction of sp³-hybridized carbons (Fsp3) is 0.438. The predicted molar refractivity (Wildman–Crippen MR) is 92.0 cm³/mol. The average Bonchev–Trinajstić information content (AvgIpc) is 3.25. The quantitative estimate of drug-likeness (QED) is 0.700. The Balaban J connectivity index is 1.38. The van der Waals surface area contributed by atoms with Crippen LogP contribution in [0.25, 0.3) is 10.2 Å². The summed E-state index contributed by atoms with van der Waals surface area (Å²) in [6, 6.07) is 8.04. The number of thiazole rings is 1. The second-order valence-corrected chi connectivity index (χ2v) is 7.05. The number of tetrazole rings is 1. The second kappa shape index (κ2) is 6.85. The van der Waals surface area contributed by atoms with Crippen LogP contribution in [0.1, 0.15) is 23.4 Å². The molecule has 1 aliphatic rings. The molecule has 0 radical (unpaired) electrons. The molecule has 9 heteroatoms. The molecule has 1 aliphatic heterocycles. The van der Waals surface area contributed by atoms with Crippen molar-refractivity contribution < 1.29 is 9.53 Å². The number of rotatable bonds is 4. The van der Waals surface area contributed by atoms with Crippen molar-refractivity contribution in [2.75, 3.05) is 19.7 Å². The van der Waals surface area contributed by atoms with Crippen molar-refractivity contribution in [2.24, 2.45) is 7.05 Å². The van der Waals surface area contributed by atoms with E-state index in [9.17, 15) is 4.79 Å². The van der Waals surface area contributed by atoms with Gasteiger partial charge in [0.05, 0.1) is 28.4 Å². The highest BCUT2D eigenvalue weighted by atomic mass is 32.1. The zero-order chi connectivity index (χ0) is 17.2. The molecule has 4 rings (SSSR count). The summed E-state index contributed by atoms with van der Waals surface area (Å²) in [5.74, 6) is 0.756. The Labute approximate surface area is 148 Å². The summed E-state index contributed by atoms with van der Waals surface area (Å²) in [7, 11) is 1.77. The molecule has 0 saturated carbocycles. The number of amides is 1. The monoisotopic (exact) mass is 358 g/mol. The highest BCUT2D eigenvalue weighted by molar-refractivity contribution is 7.18. The fourth-order valence-corrected chi connectivity index (χ4v) is 3.91. The number of benzene rings is 1. The van der Waals surface area contributed by atoms with Crippen LogP contribution in [-0.2, 0) is 23.0 Å². The van der Waals surface area contributed by atoms with Gasteiger partial charge < -0.3 is 9.64 Å². The molecular formula is C16H18N6O2S. The molecule has 3 heterocycles. The molecule has 25 heavy (non-hydrogen) atoms. The fourth-order valence-electron chi connectivity index (χ4n) is 2.94. The van der Waals surface area contributed by atoms with Gasteiger partial charge in [0.2, 0.25) is 5.91 Å². The maximum atomic E-state index is 12.6. The number of hydrogen-bond acceptors (Lipinski definition) is 7. The van der Waals surface area contributed by atoms with E-state index in [1.54, 1.807) is 23.1 Å². The highest BCUT2D eigenvalue weighted by Crippen LogP contribution is 2.24. The Morgan fingerprint density at radius 3 is 3.08 bits per heavy atom. The highest BCUT2D eigenvalue weighted by Gasteiger charge is 2.28. The second-order valence-electron chi connectivity index (χ2n) is 5.94. The molecule has 0 N–H and O–H groups in total. The van der Waals surface area contributed by atoms with Crippen molar-refractivity contribution in [1.82, 2.24) is 30.1 Å². The summed E-state index contributed by atoms with van der Waals surface area (Å²) in [6.07, 6.45) is 0.829. The summed E-state index contributed by atoms with van der Waals surface area (Å²) in [4.78, 5) is 19.0. The first-order chi connectivity index (χ1) is 12.2. The van der Waals surface area contributed by atoms with Gasteiger partial charge in [-0.2, -0.15) is 0 Å². The first kappa shape index (κ1) is 16.1. The lowest BCUT2D eigenvalue weighted by Crippen LogP contribution is -2.43. The van der Waals surface area contributed by atoms with Gasteiger partial charge in [-0.1, -0.05) is 12.1 Å². The number of ether oxygens (including phenoxy) is 1. The van der Waals surface area contributed by atoms with Crippen molar-refractivity contribution in [2.45, 2.75) is 18.9 Å². The summed E-state index contributed by atoms with van der Waals surface area (Å²) in [5.41, 5.74) is 0.996. The molecule has 1 fully saturated rings. The van der Waals surface area contributed by atoms with Gasteiger partial charge in [-0.25, -0.2) is 9.67 Å². The molecule has 2 aromatic heterocycles. The zero-order valence-electron chi connectivity index (χ0n) is 13.8. The minimum absolute atomic E-state index is 0.114. The molecule has 130 valence electrons. The van der Waals surface area contributed by atoms with Gasteiger partial charge in [-0.3, -0.25) is 4.79 Å². The van der Waals surface area contributed by atoms with E-state index in [-0.39, 0.29) is 12.0 Å². The number of morpholine rings is 1. The van der Waals surface area contributed by atoms with Crippen LogP contribution in [0.15, 0.2) is 24.3 Å². The molecule has 0 spiro atoms. The van der Waals surface area contributed by atoms with Crippen molar-refractivity contribution in [3.63, 3.8) is 0 Å². The number of aryl methyl sites for hydroxylation is 2. The Morgan fingerprint density at radius 1 is 1.40 bits per heavy atom. The minimum Gasteiger partial charge on any atom is -0.366 e. The van der Waals surface area contributed by atoms with Gasteiger partial charge in [-0.05, 0) is 22.6 Å². The lowest BCUT2D eigenvalue weighted by atomic mass is 10.2. The van der Waals surface area contributed by atoms with Crippen molar-refractivity contribution in [1.29, 1.82) is 0 Å². The average molecular weight is 358 g/mol. The normalized spacial score (nSPS) is 18.0. The number of hydrogen-bond donors (Lipinski definition) is 0. The van der Waals surface area contributed by atoms with Gasteiger partial charge in [0, 0.05) is 26.4 Å². The summed E-state index contributed by atoms with van der Waals surface area (Å²) in [6.45, 7) is 1.57. The van der Waals surface area contributed by atoms with E-state index in [1.165, 1.54) is 0 Å². The first-order valence-electron chi connectivity index (χ1n) is 8.17. The number of fused-ring (bicyclic) bond motifs is 1. The third-order valence-corrected chi connectivity index (χ3v) is 5.35. The van der Waals surface area contributed by atoms with Crippen LogP contribution in [0.5, 0.6) is 0 Å². The lowest BCUT2D eigenvalue weighted by Gasteiger charge is -2.32. The molecule has 1 saturated heterocycles. The Kier molecular flexibility index (Phi) is 4.41. The molecule has 1 amide bonds. The van der Waals surface area contributed by atoms with Crippen molar-refractivity contribution in [3.05, 3.63) is 35.1 Å². The van der Waals surface area contributed by atoms with Crippen LogP contribution in [0.3, 0.4) is 0 Å². The van der Waals surface area contributed by atoms with Crippen LogP contribution >= 0.6 is 11.3 Å². The molecule has 3 aromatic rings. The zero-order valence-corrected chi connectivity index (χ0v) is 14.6. The molecule has 0 bridgehead atoms. The largest absolute Gasteiger partial charge is 0.366 e. The van der Waals surface area contributed by atoms with E-state index >= 15 is 0 Å². The summed E-state index contributed by atoms with van der Waals surface area (Å²) in [5, 5.41) is 12.4. The summed E-state index contributed by atoms with van der Waals surface area (Å²) < 4.78 is 8.46. The molecule has 8 nitrogen and oxygen atoms in total. The van der Waals surface area contributed by atoms with Gasteiger partial charge in [0.25, 0.3) is 0 Å². The van der Waals surface area contributed by atoms with Gasteiger partial charge in [0.15, 0.2) is 5.82 Å². The number of nitrogens with zero attached hydrogens (tertiary/aromatic N) is 6. The number of para-hydroxylation sites is 1. The van der Waals surface area contributed by atoms with E-state index in [0.29, 0.717) is 38.4 Å². The number of aromatic nitrogens is 5. The Morgan fingerprint density at radius 2 is 2.28 bits per heavy atom. The molecule has 1 atom stereocenters. The Bertz CT molecular complexity index is 859. The van der Waals surface area contributed by atoms with E-state index in [2.05, 4.69) is 26.6 Å². The SMILES string of the molecule is Cn1nnnc1C1CN(C(=O)CCc2nc3ccccc3s2)CCO1. The van der Waals surface area contributed by atoms with Crippen LogP contribution in [0, 0.1) is 0 Å². The molecular weight excluding hydrogens is 340 g/mol. The van der Waals surface area contributed by atoms with Gasteiger partial charge in [0.1, 0.15) is 6.10 Å².